The molecule has 0 spiro atoms. The van der Waals surface area contributed by atoms with E-state index in [1.165, 1.54) is 24.5 Å². The van der Waals surface area contributed by atoms with Gasteiger partial charge >= 0.3 is 11.9 Å². The Morgan fingerprint density at radius 2 is 1.62 bits per heavy atom. The molecular weight excluding hydrogens is 1010 g/mol. The van der Waals surface area contributed by atoms with Gasteiger partial charge in [0.15, 0.2) is 0 Å². The molecule has 77 heavy (non-hydrogen) atoms. The molecule has 1 aromatic heterocycles. The number of rotatable bonds is 19. The van der Waals surface area contributed by atoms with Crippen LogP contribution in [0, 0.1) is 17.2 Å². The monoisotopic (exact) mass is 1090 g/mol. The number of carbonyl (C=O) groups is 3. The summed E-state index contributed by atoms with van der Waals surface area (Å²) in [7, 11) is 1.95. The van der Waals surface area contributed by atoms with Gasteiger partial charge in [0.1, 0.15) is 24.3 Å². The van der Waals surface area contributed by atoms with Gasteiger partial charge in [0, 0.05) is 97.5 Å². The minimum atomic E-state index is -4.44. The topological polar surface area (TPSA) is 119 Å². The maximum absolute atomic E-state index is 16.2. The van der Waals surface area contributed by atoms with Gasteiger partial charge in [-0.25, -0.2) is 9.18 Å². The lowest BCUT2D eigenvalue weighted by Crippen LogP contribution is -2.50. The van der Waals surface area contributed by atoms with Gasteiger partial charge in [-0.1, -0.05) is 56.0 Å². The molecule has 1 unspecified atom stereocenters. The van der Waals surface area contributed by atoms with E-state index in [0.717, 1.165) is 39.8 Å². The number of allylic oxidation sites excluding steroid dienone is 2. The number of imide groups is 1. The summed E-state index contributed by atoms with van der Waals surface area (Å²) in [6.45, 7) is 17.4. The number of hydrogen-bond acceptors (Lipinski definition) is 9. The Hall–Kier alpha value is -5.14. The van der Waals surface area contributed by atoms with E-state index in [-0.39, 0.29) is 61.5 Å². The van der Waals surface area contributed by atoms with Crippen molar-refractivity contribution >= 4 is 42.4 Å². The van der Waals surface area contributed by atoms with Crippen molar-refractivity contribution in [3.63, 3.8) is 0 Å². The van der Waals surface area contributed by atoms with Crippen molar-refractivity contribution in [1.29, 1.82) is 0 Å². The predicted octanol–water partition coefficient (Wildman–Crippen LogP) is 10.3. The number of halogens is 4. The third kappa shape index (κ3) is 13.5. The first-order valence-corrected chi connectivity index (χ1v) is 31.2. The molecule has 8 rings (SSSR count). The summed E-state index contributed by atoms with van der Waals surface area (Å²) in [6, 6.07) is 18.9. The molecule has 4 aliphatic rings. The Morgan fingerprint density at radius 3 is 2.26 bits per heavy atom. The van der Waals surface area contributed by atoms with Crippen molar-refractivity contribution in [2.45, 2.75) is 141 Å². The van der Waals surface area contributed by atoms with Gasteiger partial charge in [0.2, 0.25) is 11.8 Å². The van der Waals surface area contributed by atoms with E-state index in [2.05, 4.69) is 38.4 Å². The van der Waals surface area contributed by atoms with Crippen LogP contribution in [-0.2, 0) is 49.4 Å². The lowest BCUT2D eigenvalue weighted by atomic mass is 9.67. The van der Waals surface area contributed by atoms with Crippen LogP contribution < -0.4 is 10.4 Å². The second-order valence-electron chi connectivity index (χ2n) is 24.6. The number of nitrogens with zero attached hydrogens (tertiary/aromatic N) is 6. The quantitative estimate of drug-likeness (QED) is 0.0391. The van der Waals surface area contributed by atoms with Crippen molar-refractivity contribution < 1.29 is 46.2 Å². The van der Waals surface area contributed by atoms with Crippen LogP contribution in [0.1, 0.15) is 107 Å². The number of aromatic nitrogens is 2. The third-order valence-electron chi connectivity index (χ3n) is 16.6. The number of benzene rings is 3. The first kappa shape index (κ1) is 58.0. The molecule has 3 saturated heterocycles. The maximum atomic E-state index is 16.2. The minimum absolute atomic E-state index is 0.0872. The summed E-state index contributed by atoms with van der Waals surface area (Å²) in [6.07, 6.45) is 1.50. The Kier molecular flexibility index (Phi) is 17.5. The summed E-state index contributed by atoms with van der Waals surface area (Å²) in [5.41, 5.74) is 2.18. The summed E-state index contributed by atoms with van der Waals surface area (Å²) < 4.78 is 79.9. The van der Waals surface area contributed by atoms with Crippen molar-refractivity contribution in [2.75, 3.05) is 66.3 Å². The average molecular weight is 1090 g/mol. The molecule has 3 amide bonds. The lowest BCUT2D eigenvalue weighted by molar-refractivity contribution is -0.217. The zero-order valence-electron chi connectivity index (χ0n) is 46.7. The highest BCUT2D eigenvalue weighted by molar-refractivity contribution is 6.76. The number of likely N-dealkylation sites (tertiary alicyclic amines) is 1. The number of piperazine rings is 1. The van der Waals surface area contributed by atoms with Crippen molar-refractivity contribution in [1.82, 2.24) is 28.7 Å². The normalized spacial score (nSPS) is 22.0. The predicted molar refractivity (Wildman–Crippen MR) is 294 cm³/mol. The number of aryl methyl sites for hydroxylation is 1. The number of imidazole rings is 1. The Morgan fingerprint density at radius 1 is 0.909 bits per heavy atom. The molecule has 1 aliphatic carbocycles. The molecule has 4 heterocycles. The van der Waals surface area contributed by atoms with Crippen LogP contribution >= 0.6 is 0 Å². The number of fused-ring (bicyclic) bond motifs is 1. The highest BCUT2D eigenvalue weighted by Crippen LogP contribution is 2.46. The number of alkyl halides is 3. The fraction of sp³-hybridized carbons (Fsp3) is 0.593. The molecule has 420 valence electrons. The van der Waals surface area contributed by atoms with Crippen LogP contribution in [0.5, 0.6) is 5.75 Å². The first-order valence-electron chi connectivity index (χ1n) is 27.5. The number of ether oxygens (including phenoxy) is 3. The van der Waals surface area contributed by atoms with E-state index in [1.807, 2.05) is 64.4 Å². The molecule has 4 aromatic rings. The van der Waals surface area contributed by atoms with E-state index in [4.69, 9.17) is 14.2 Å². The van der Waals surface area contributed by atoms with Gasteiger partial charge in [0.25, 0.3) is 5.91 Å². The summed E-state index contributed by atoms with van der Waals surface area (Å²) in [4.78, 5) is 61.3. The smallest absolute Gasteiger partial charge is 0.395 e. The van der Waals surface area contributed by atoms with Gasteiger partial charge in [0.05, 0.1) is 29.2 Å². The molecule has 0 N–H and O–H groups in total. The van der Waals surface area contributed by atoms with E-state index in [1.54, 1.807) is 24.8 Å². The molecule has 18 heteroatoms. The Balaban J connectivity index is 0.863. The molecule has 3 atom stereocenters. The largest absolute Gasteiger partial charge is 0.497 e. The maximum Gasteiger partial charge on any atom is 0.395 e. The van der Waals surface area contributed by atoms with Crippen LogP contribution in [0.2, 0.25) is 25.7 Å². The Labute approximate surface area is 452 Å². The number of carbonyl (C=O) groups excluding carboxylic acids is 3. The number of methoxy groups -OCH3 is 1. The number of piperidine rings is 1. The molecule has 0 bridgehead atoms. The third-order valence-corrected chi connectivity index (χ3v) is 18.3. The van der Waals surface area contributed by atoms with Gasteiger partial charge < -0.3 is 19.1 Å². The SMILES string of the molecule is COc1ccc([C@]2(CCN(Cc3ccc(C4=CC[C@H](C(=O)N5CCN(Cc6ccc7c(c6)n(C)c(=O)n7C6CCC(=O)N(COCC[Si](C)(C)C)C6=O)CC5)CC4)c(F)c3)CC(C)(C)C(F)(F)F)CCOC(C)(C)C2)cc1. The van der Waals surface area contributed by atoms with Gasteiger partial charge in [-0.3, -0.25) is 38.2 Å². The second-order valence-corrected chi connectivity index (χ2v) is 30.2. The fourth-order valence-electron chi connectivity index (χ4n) is 11.9. The first-order chi connectivity index (χ1) is 36.3. The van der Waals surface area contributed by atoms with E-state index in [0.29, 0.717) is 107 Å². The molecule has 13 nitrogen and oxygen atoms in total. The van der Waals surface area contributed by atoms with E-state index < -0.39 is 43.0 Å². The van der Waals surface area contributed by atoms with Crippen LogP contribution in [0.25, 0.3) is 16.6 Å². The molecule has 0 saturated carbocycles. The van der Waals surface area contributed by atoms with E-state index >= 15 is 4.39 Å². The molecular formula is C59H80F4N6O7Si. The van der Waals surface area contributed by atoms with Crippen LogP contribution in [0.15, 0.2) is 71.5 Å². The summed E-state index contributed by atoms with van der Waals surface area (Å²) >= 11 is 0. The standard InChI is InChI=1S/C59H80F4N6O7Si/c1-56(2,59(61,62)63)39-66(26-24-58(25-31-76-57(3,4)38-58)45-16-18-46(74-6)19-17-45)37-41-10-20-47(48(60)34-41)43-12-14-44(15-13-43)53(71)67-29-27-65(28-30-67)36-42-11-21-49-51(35-42)64(5)55(73)69(49)50-22-23-52(70)68(54(50)72)40-75-32-33-77(7,8)9/h10-12,16-21,34-35,44,50H,13-15,22-33,36-40H2,1-9H3/t44-,50?,58+/m0/s1. The van der Waals surface area contributed by atoms with Gasteiger partial charge in [-0.2, -0.15) is 13.2 Å². The number of amides is 3. The molecule has 3 aromatic carbocycles. The molecule has 0 radical (unpaired) electrons. The highest BCUT2D eigenvalue weighted by Gasteiger charge is 2.49. The zero-order chi connectivity index (χ0) is 55.7. The van der Waals surface area contributed by atoms with Crippen molar-refractivity contribution in [2.24, 2.45) is 18.4 Å². The fourth-order valence-corrected chi connectivity index (χ4v) is 12.7. The van der Waals surface area contributed by atoms with E-state index in [9.17, 15) is 32.3 Å². The lowest BCUT2D eigenvalue weighted by Gasteiger charge is -2.46. The van der Waals surface area contributed by atoms with Crippen LogP contribution in [0.3, 0.4) is 0 Å². The van der Waals surface area contributed by atoms with Gasteiger partial charge in [-0.05, 0) is 138 Å². The summed E-state index contributed by atoms with van der Waals surface area (Å²) in [5, 5.41) is 0. The zero-order valence-corrected chi connectivity index (χ0v) is 47.7. The highest BCUT2D eigenvalue weighted by atomic mass is 28.3. The molecule has 3 fully saturated rings. The van der Waals surface area contributed by atoms with Crippen LogP contribution in [0.4, 0.5) is 17.6 Å². The molecule has 3 aliphatic heterocycles. The second kappa shape index (κ2) is 23.3. The number of hydrogen-bond donors (Lipinski definition) is 0. The minimum Gasteiger partial charge on any atom is -0.497 e. The van der Waals surface area contributed by atoms with Crippen molar-refractivity contribution in [3.05, 3.63) is 105 Å². The van der Waals surface area contributed by atoms with Crippen molar-refractivity contribution in [3.8, 4) is 5.75 Å². The van der Waals surface area contributed by atoms with Gasteiger partial charge in [-0.15, -0.1) is 0 Å². The average Bonchev–Trinajstić information content (AvgIpc) is 3.66. The van der Waals surface area contributed by atoms with Crippen LogP contribution in [-0.4, -0.2) is 133 Å². The summed E-state index contributed by atoms with van der Waals surface area (Å²) in [5.74, 6) is -0.559. The Bertz CT molecular complexity index is 2870.